The van der Waals surface area contributed by atoms with Gasteiger partial charge in [0.2, 0.25) is 0 Å². The highest BCUT2D eigenvalue weighted by molar-refractivity contribution is 5.77. The van der Waals surface area contributed by atoms with Gasteiger partial charge in [-0.15, -0.1) is 0 Å². The molecule has 0 amide bonds. The SMILES string of the molecule is COCCn1c(C2CCCN2Cc2cnc(C)nc2)nc2ccccc2c1=O. The molecule has 0 radical (unpaired) electrons. The molecule has 1 fully saturated rings. The lowest BCUT2D eigenvalue weighted by molar-refractivity contribution is 0.178. The first kappa shape index (κ1) is 18.7. The summed E-state index contributed by atoms with van der Waals surface area (Å²) in [7, 11) is 1.65. The third-order valence-corrected chi connectivity index (χ3v) is 5.29. The number of methoxy groups -OCH3 is 1. The molecule has 0 saturated carbocycles. The van der Waals surface area contributed by atoms with Crippen LogP contribution in [0.15, 0.2) is 41.5 Å². The molecular weight excluding hydrogens is 354 g/mol. The van der Waals surface area contributed by atoms with Crippen molar-refractivity contribution in [1.82, 2.24) is 24.4 Å². The molecule has 1 aliphatic rings. The fourth-order valence-corrected chi connectivity index (χ4v) is 3.88. The molecular formula is C21H25N5O2. The number of likely N-dealkylation sites (tertiary alicyclic amines) is 1. The Morgan fingerprint density at radius 1 is 1.21 bits per heavy atom. The van der Waals surface area contributed by atoms with E-state index in [9.17, 15) is 4.79 Å². The van der Waals surface area contributed by atoms with Crippen molar-refractivity contribution in [2.45, 2.75) is 38.9 Å². The molecule has 0 aliphatic carbocycles. The lowest BCUT2D eigenvalue weighted by Crippen LogP contribution is -2.33. The van der Waals surface area contributed by atoms with E-state index >= 15 is 0 Å². The summed E-state index contributed by atoms with van der Waals surface area (Å²) in [6.07, 6.45) is 5.81. The Bertz CT molecular complexity index is 1020. The maximum atomic E-state index is 13.1. The number of fused-ring (bicyclic) bond motifs is 1. The predicted molar refractivity (Wildman–Crippen MR) is 107 cm³/mol. The zero-order valence-electron chi connectivity index (χ0n) is 16.3. The van der Waals surface area contributed by atoms with E-state index < -0.39 is 0 Å². The van der Waals surface area contributed by atoms with Crippen molar-refractivity contribution in [3.63, 3.8) is 0 Å². The minimum absolute atomic E-state index is 0.00293. The standard InChI is InChI=1S/C21H25N5O2/c1-15-22-12-16(13-23-15)14-25-9-5-8-19(25)20-24-18-7-4-3-6-17(18)21(27)26(20)10-11-28-2/h3-4,6-7,12-13,19H,5,8-11,14H2,1-2H3. The zero-order chi connectivity index (χ0) is 19.5. The summed E-state index contributed by atoms with van der Waals surface area (Å²) in [4.78, 5) is 29.0. The number of aromatic nitrogens is 4. The van der Waals surface area contributed by atoms with E-state index in [0.717, 1.165) is 48.7 Å². The van der Waals surface area contributed by atoms with E-state index in [0.29, 0.717) is 18.5 Å². The lowest BCUT2D eigenvalue weighted by Gasteiger charge is -2.26. The van der Waals surface area contributed by atoms with Gasteiger partial charge in [-0.2, -0.15) is 0 Å². The summed E-state index contributed by atoms with van der Waals surface area (Å²) in [5, 5.41) is 0.652. The van der Waals surface area contributed by atoms with Crippen molar-refractivity contribution >= 4 is 10.9 Å². The molecule has 2 aromatic heterocycles. The van der Waals surface area contributed by atoms with E-state index in [1.54, 1.807) is 11.7 Å². The molecule has 7 heteroatoms. The van der Waals surface area contributed by atoms with Gasteiger partial charge in [-0.05, 0) is 38.4 Å². The van der Waals surface area contributed by atoms with Crippen molar-refractivity contribution in [2.75, 3.05) is 20.3 Å². The first-order valence-corrected chi connectivity index (χ1v) is 9.67. The summed E-state index contributed by atoms with van der Waals surface area (Å²) >= 11 is 0. The van der Waals surface area contributed by atoms with E-state index in [2.05, 4.69) is 14.9 Å². The van der Waals surface area contributed by atoms with Gasteiger partial charge in [0.15, 0.2) is 0 Å². The van der Waals surface area contributed by atoms with Gasteiger partial charge < -0.3 is 4.74 Å². The molecule has 4 rings (SSSR count). The van der Waals surface area contributed by atoms with Crippen LogP contribution in [0.1, 0.15) is 36.1 Å². The monoisotopic (exact) mass is 379 g/mol. The topological polar surface area (TPSA) is 73.1 Å². The van der Waals surface area contributed by atoms with Gasteiger partial charge in [-0.1, -0.05) is 12.1 Å². The number of benzene rings is 1. The second kappa shape index (κ2) is 8.16. The van der Waals surface area contributed by atoms with Crippen LogP contribution in [0.5, 0.6) is 0 Å². The number of rotatable bonds is 6. The number of ether oxygens (including phenoxy) is 1. The highest BCUT2D eigenvalue weighted by atomic mass is 16.5. The van der Waals surface area contributed by atoms with Crippen LogP contribution in [-0.4, -0.2) is 44.7 Å². The molecule has 1 atom stereocenters. The first-order chi connectivity index (χ1) is 13.7. The maximum Gasteiger partial charge on any atom is 0.261 e. The van der Waals surface area contributed by atoms with Gasteiger partial charge in [0, 0.05) is 31.6 Å². The van der Waals surface area contributed by atoms with Crippen molar-refractivity contribution in [1.29, 1.82) is 0 Å². The molecule has 28 heavy (non-hydrogen) atoms. The normalized spacial score (nSPS) is 17.4. The van der Waals surface area contributed by atoms with Crippen LogP contribution >= 0.6 is 0 Å². The number of aryl methyl sites for hydroxylation is 1. The van der Waals surface area contributed by atoms with Gasteiger partial charge in [-0.25, -0.2) is 15.0 Å². The molecule has 1 saturated heterocycles. The molecule has 7 nitrogen and oxygen atoms in total. The van der Waals surface area contributed by atoms with Crippen LogP contribution in [0.4, 0.5) is 0 Å². The molecule has 3 heterocycles. The van der Waals surface area contributed by atoms with Gasteiger partial charge in [0.25, 0.3) is 5.56 Å². The van der Waals surface area contributed by atoms with Crippen molar-refractivity contribution in [2.24, 2.45) is 0 Å². The van der Waals surface area contributed by atoms with Crippen molar-refractivity contribution in [3.05, 3.63) is 64.2 Å². The summed E-state index contributed by atoms with van der Waals surface area (Å²) < 4.78 is 7.04. The second-order valence-electron chi connectivity index (χ2n) is 7.20. The summed E-state index contributed by atoms with van der Waals surface area (Å²) in [6, 6.07) is 7.65. The summed E-state index contributed by atoms with van der Waals surface area (Å²) in [5.41, 5.74) is 1.83. The van der Waals surface area contributed by atoms with Crippen LogP contribution in [-0.2, 0) is 17.8 Å². The molecule has 3 aromatic rings. The smallest absolute Gasteiger partial charge is 0.261 e. The van der Waals surface area contributed by atoms with Crippen LogP contribution in [0.25, 0.3) is 10.9 Å². The number of para-hydroxylation sites is 1. The minimum atomic E-state index is 0.00293. The highest BCUT2D eigenvalue weighted by Crippen LogP contribution is 2.32. The van der Waals surface area contributed by atoms with Gasteiger partial charge in [0.05, 0.1) is 30.1 Å². The van der Waals surface area contributed by atoms with Crippen LogP contribution < -0.4 is 5.56 Å². The Morgan fingerprint density at radius 2 is 2.00 bits per heavy atom. The Kier molecular flexibility index (Phi) is 5.45. The fraction of sp³-hybridized carbons (Fsp3) is 0.429. The van der Waals surface area contributed by atoms with Gasteiger partial charge in [0.1, 0.15) is 11.6 Å². The van der Waals surface area contributed by atoms with E-state index in [1.165, 1.54) is 0 Å². The van der Waals surface area contributed by atoms with E-state index in [4.69, 9.17) is 9.72 Å². The third-order valence-electron chi connectivity index (χ3n) is 5.29. The Morgan fingerprint density at radius 3 is 2.79 bits per heavy atom. The maximum absolute atomic E-state index is 13.1. The summed E-state index contributed by atoms with van der Waals surface area (Å²) in [6.45, 7) is 4.57. The Hall–Kier alpha value is -2.64. The first-order valence-electron chi connectivity index (χ1n) is 9.67. The molecule has 1 unspecified atom stereocenters. The van der Waals surface area contributed by atoms with E-state index in [-0.39, 0.29) is 11.6 Å². The largest absolute Gasteiger partial charge is 0.383 e. The summed E-state index contributed by atoms with van der Waals surface area (Å²) in [5.74, 6) is 1.60. The number of hydrogen-bond acceptors (Lipinski definition) is 6. The lowest BCUT2D eigenvalue weighted by atomic mass is 10.1. The number of nitrogens with zero attached hydrogens (tertiary/aromatic N) is 5. The molecule has 146 valence electrons. The average molecular weight is 379 g/mol. The van der Waals surface area contributed by atoms with Gasteiger partial charge >= 0.3 is 0 Å². The molecule has 0 spiro atoms. The van der Waals surface area contributed by atoms with Crippen molar-refractivity contribution in [3.8, 4) is 0 Å². The molecule has 0 N–H and O–H groups in total. The Labute approximate surface area is 164 Å². The quantitative estimate of drug-likeness (QED) is 0.655. The van der Waals surface area contributed by atoms with Crippen molar-refractivity contribution < 1.29 is 4.74 Å². The zero-order valence-corrected chi connectivity index (χ0v) is 16.3. The van der Waals surface area contributed by atoms with E-state index in [1.807, 2.05) is 43.6 Å². The van der Waals surface area contributed by atoms with Gasteiger partial charge in [-0.3, -0.25) is 14.3 Å². The average Bonchev–Trinajstić information content (AvgIpc) is 3.17. The minimum Gasteiger partial charge on any atom is -0.383 e. The van der Waals surface area contributed by atoms with Crippen LogP contribution in [0, 0.1) is 6.92 Å². The molecule has 0 bridgehead atoms. The molecule has 1 aromatic carbocycles. The molecule has 1 aliphatic heterocycles. The third kappa shape index (κ3) is 3.68. The van der Waals surface area contributed by atoms with Crippen LogP contribution in [0.2, 0.25) is 0 Å². The highest BCUT2D eigenvalue weighted by Gasteiger charge is 2.30. The number of hydrogen-bond donors (Lipinski definition) is 0. The second-order valence-corrected chi connectivity index (χ2v) is 7.20. The van der Waals surface area contributed by atoms with Crippen LogP contribution in [0.3, 0.4) is 0 Å². The Balaban J connectivity index is 1.73. The predicted octanol–water partition coefficient (Wildman–Crippen LogP) is 2.48. The fourth-order valence-electron chi connectivity index (χ4n) is 3.88.